The number of amides is 5. The van der Waals surface area contributed by atoms with Crippen LogP contribution in [-0.4, -0.2) is 71.4 Å². The van der Waals surface area contributed by atoms with Gasteiger partial charge in [-0.1, -0.05) is 30.3 Å². The molecule has 0 radical (unpaired) electrons. The minimum atomic E-state index is -0.400. The second kappa shape index (κ2) is 9.38. The average molecular weight is 491 g/mol. The van der Waals surface area contributed by atoms with Gasteiger partial charge in [-0.25, -0.2) is 0 Å². The summed E-state index contributed by atoms with van der Waals surface area (Å²) in [6.45, 7) is 2.24. The van der Waals surface area contributed by atoms with Crippen LogP contribution in [0.3, 0.4) is 0 Å². The van der Waals surface area contributed by atoms with E-state index in [1.807, 2.05) is 24.3 Å². The molecule has 178 valence electrons. The van der Waals surface area contributed by atoms with E-state index < -0.39 is 5.91 Å². The van der Waals surface area contributed by atoms with Gasteiger partial charge in [0.25, 0.3) is 23.0 Å². The summed E-state index contributed by atoms with van der Waals surface area (Å²) in [5.74, 6) is -1.22. The van der Waals surface area contributed by atoms with Crippen LogP contribution in [0.25, 0.3) is 6.08 Å². The van der Waals surface area contributed by atoms with Crippen LogP contribution in [0, 0.1) is 0 Å². The summed E-state index contributed by atoms with van der Waals surface area (Å²) in [5.41, 5.74) is 2.51. The number of thioether (sulfide) groups is 1. The van der Waals surface area contributed by atoms with Gasteiger partial charge < -0.3 is 9.80 Å². The Balaban J connectivity index is 1.19. The molecule has 0 unspecified atom stereocenters. The number of hydrogen-bond donors (Lipinski definition) is 1. The van der Waals surface area contributed by atoms with Gasteiger partial charge in [-0.3, -0.25) is 34.2 Å². The third-order valence-corrected chi connectivity index (χ3v) is 7.08. The Bertz CT molecular complexity index is 1250. The van der Waals surface area contributed by atoms with Crippen molar-refractivity contribution in [3.8, 4) is 0 Å². The fourth-order valence-electron chi connectivity index (χ4n) is 4.46. The van der Waals surface area contributed by atoms with Crippen molar-refractivity contribution in [2.24, 2.45) is 0 Å². The molecule has 0 atom stereocenters. The van der Waals surface area contributed by atoms with E-state index >= 15 is 0 Å². The highest BCUT2D eigenvalue weighted by Gasteiger charge is 2.35. The quantitative estimate of drug-likeness (QED) is 0.506. The highest BCUT2D eigenvalue weighted by Crippen LogP contribution is 2.30. The lowest BCUT2D eigenvalue weighted by molar-refractivity contribution is -0.131. The summed E-state index contributed by atoms with van der Waals surface area (Å²) in [5, 5.41) is 1.88. The Morgan fingerprint density at radius 2 is 1.51 bits per heavy atom. The SMILES string of the molecule is O=C1NC(=O)/C(=C/c2ccccc2N2CCN(C(=O)CCN3C(=O)c4ccccc4C3=O)CC2)S1. The van der Waals surface area contributed by atoms with Crippen molar-refractivity contribution in [2.75, 3.05) is 37.6 Å². The third kappa shape index (κ3) is 4.44. The monoisotopic (exact) mass is 490 g/mol. The number of imide groups is 2. The minimum absolute atomic E-state index is 0.0558. The smallest absolute Gasteiger partial charge is 0.290 e. The second-order valence-electron chi connectivity index (χ2n) is 8.34. The molecule has 5 rings (SSSR count). The summed E-state index contributed by atoms with van der Waals surface area (Å²) in [6, 6.07) is 14.3. The Morgan fingerprint density at radius 3 is 2.14 bits per heavy atom. The lowest BCUT2D eigenvalue weighted by Crippen LogP contribution is -2.49. The van der Waals surface area contributed by atoms with Gasteiger partial charge in [0.2, 0.25) is 5.91 Å². The van der Waals surface area contributed by atoms with Crippen LogP contribution < -0.4 is 10.2 Å². The number of benzene rings is 2. The first-order valence-corrected chi connectivity index (χ1v) is 12.1. The van der Waals surface area contributed by atoms with E-state index in [4.69, 9.17) is 0 Å². The highest BCUT2D eigenvalue weighted by molar-refractivity contribution is 8.18. The number of piperazine rings is 1. The third-order valence-electron chi connectivity index (χ3n) is 6.27. The Hall–Kier alpha value is -3.92. The van der Waals surface area contributed by atoms with Gasteiger partial charge in [-0.2, -0.15) is 0 Å². The van der Waals surface area contributed by atoms with Gasteiger partial charge in [0.05, 0.1) is 16.0 Å². The number of carbonyl (C=O) groups excluding carboxylic acids is 5. The molecule has 0 spiro atoms. The highest BCUT2D eigenvalue weighted by atomic mass is 32.2. The number of nitrogens with zero attached hydrogens (tertiary/aromatic N) is 3. The van der Waals surface area contributed by atoms with Crippen molar-refractivity contribution in [1.29, 1.82) is 0 Å². The molecule has 2 aromatic rings. The van der Waals surface area contributed by atoms with Gasteiger partial charge in [0, 0.05) is 44.8 Å². The van der Waals surface area contributed by atoms with E-state index in [1.54, 1.807) is 35.2 Å². The molecular weight excluding hydrogens is 468 g/mol. The van der Waals surface area contributed by atoms with Gasteiger partial charge in [-0.15, -0.1) is 0 Å². The second-order valence-corrected chi connectivity index (χ2v) is 9.35. The van der Waals surface area contributed by atoms with E-state index in [9.17, 15) is 24.0 Å². The van der Waals surface area contributed by atoms with Crippen LogP contribution in [0.1, 0.15) is 32.7 Å². The molecule has 2 fully saturated rings. The molecule has 0 saturated carbocycles. The maximum atomic E-state index is 12.8. The maximum absolute atomic E-state index is 12.8. The molecule has 9 nitrogen and oxygen atoms in total. The van der Waals surface area contributed by atoms with E-state index in [0.717, 1.165) is 27.9 Å². The molecule has 3 heterocycles. The normalized spacial score (nSPS) is 19.0. The van der Waals surface area contributed by atoms with E-state index in [0.29, 0.717) is 42.2 Å². The number of rotatable bonds is 5. The zero-order valence-corrected chi connectivity index (χ0v) is 19.5. The first-order valence-electron chi connectivity index (χ1n) is 11.2. The summed E-state index contributed by atoms with van der Waals surface area (Å²) < 4.78 is 0. The van der Waals surface area contributed by atoms with Crippen molar-refractivity contribution >= 4 is 52.4 Å². The number of fused-ring (bicyclic) bond motifs is 1. The zero-order chi connectivity index (χ0) is 24.5. The molecule has 1 N–H and O–H groups in total. The van der Waals surface area contributed by atoms with Gasteiger partial charge >= 0.3 is 0 Å². The number of nitrogens with one attached hydrogen (secondary N) is 1. The van der Waals surface area contributed by atoms with Crippen LogP contribution in [0.2, 0.25) is 0 Å². The molecule has 3 aliphatic rings. The van der Waals surface area contributed by atoms with Gasteiger partial charge in [0.1, 0.15) is 0 Å². The molecule has 0 aliphatic carbocycles. The molecule has 0 aromatic heterocycles. The van der Waals surface area contributed by atoms with Crippen molar-refractivity contribution in [3.05, 3.63) is 70.1 Å². The summed E-state index contributed by atoms with van der Waals surface area (Å²) in [6.07, 6.45) is 1.79. The van der Waals surface area contributed by atoms with Crippen LogP contribution in [-0.2, 0) is 9.59 Å². The standard InChI is InChI=1S/C25H22N4O5S/c30-21(9-10-29-23(32)17-6-2-3-7-18(17)24(29)33)28-13-11-27(12-14-28)19-8-4-1-5-16(19)15-20-22(31)26-25(34)35-20/h1-8,15H,9-14H2,(H,26,31,34)/b20-15-. The largest absolute Gasteiger partial charge is 0.367 e. The molecule has 10 heteroatoms. The van der Waals surface area contributed by atoms with Crippen molar-refractivity contribution in [1.82, 2.24) is 15.1 Å². The number of hydrogen-bond acceptors (Lipinski definition) is 7. The topological polar surface area (TPSA) is 107 Å². The summed E-state index contributed by atoms with van der Waals surface area (Å²) >= 11 is 0.879. The van der Waals surface area contributed by atoms with Crippen LogP contribution >= 0.6 is 11.8 Å². The van der Waals surface area contributed by atoms with Crippen molar-refractivity contribution in [3.63, 3.8) is 0 Å². The predicted molar refractivity (Wildman–Crippen MR) is 131 cm³/mol. The van der Waals surface area contributed by atoms with Crippen molar-refractivity contribution in [2.45, 2.75) is 6.42 Å². The summed E-state index contributed by atoms with van der Waals surface area (Å²) in [7, 11) is 0. The maximum Gasteiger partial charge on any atom is 0.290 e. The van der Waals surface area contributed by atoms with Crippen LogP contribution in [0.4, 0.5) is 10.5 Å². The molecule has 2 aromatic carbocycles. The zero-order valence-electron chi connectivity index (χ0n) is 18.7. The summed E-state index contributed by atoms with van der Waals surface area (Å²) in [4.78, 5) is 66.6. The van der Waals surface area contributed by atoms with E-state index in [-0.39, 0.29) is 35.9 Å². The van der Waals surface area contributed by atoms with Crippen LogP contribution in [0.15, 0.2) is 53.4 Å². The Morgan fingerprint density at radius 1 is 0.886 bits per heavy atom. The lowest BCUT2D eigenvalue weighted by atomic mass is 10.1. The van der Waals surface area contributed by atoms with Crippen molar-refractivity contribution < 1.29 is 24.0 Å². The fourth-order valence-corrected chi connectivity index (χ4v) is 5.14. The molecule has 0 bridgehead atoms. The average Bonchev–Trinajstić information content (AvgIpc) is 3.32. The number of anilines is 1. The number of carbonyl (C=O) groups is 5. The number of para-hydroxylation sites is 1. The minimum Gasteiger partial charge on any atom is -0.367 e. The predicted octanol–water partition coefficient (Wildman–Crippen LogP) is 2.35. The molecular formula is C25H22N4O5S. The first kappa shape index (κ1) is 22.9. The Kier molecular flexibility index (Phi) is 6.12. The van der Waals surface area contributed by atoms with E-state index in [2.05, 4.69) is 10.2 Å². The van der Waals surface area contributed by atoms with Gasteiger partial charge in [-0.05, 0) is 41.6 Å². The molecule has 5 amide bonds. The lowest BCUT2D eigenvalue weighted by Gasteiger charge is -2.37. The Labute approximate surface area is 205 Å². The van der Waals surface area contributed by atoms with Crippen LogP contribution in [0.5, 0.6) is 0 Å². The first-order chi connectivity index (χ1) is 16.9. The van der Waals surface area contributed by atoms with Gasteiger partial charge in [0.15, 0.2) is 0 Å². The molecule has 3 aliphatic heterocycles. The fraction of sp³-hybridized carbons (Fsp3) is 0.240. The molecule has 35 heavy (non-hydrogen) atoms. The molecule has 2 saturated heterocycles. The van der Waals surface area contributed by atoms with E-state index in [1.165, 1.54) is 0 Å².